The highest BCUT2D eigenvalue weighted by molar-refractivity contribution is 8.15. The van der Waals surface area contributed by atoms with Gasteiger partial charge in [0, 0.05) is 5.02 Å². The third-order valence-corrected chi connectivity index (χ3v) is 3.89. The lowest BCUT2D eigenvalue weighted by molar-refractivity contribution is -0.121. The first-order valence-electron chi connectivity index (χ1n) is 5.25. The number of nitrogens with two attached hydrogens (primary N) is 1. The van der Waals surface area contributed by atoms with E-state index in [1.54, 1.807) is 12.1 Å². The summed E-state index contributed by atoms with van der Waals surface area (Å²) in [6.45, 7) is 0. The Morgan fingerprint density at radius 3 is 2.84 bits per heavy atom. The molecule has 5 nitrogen and oxygen atoms in total. The van der Waals surface area contributed by atoms with Crippen molar-refractivity contribution in [3.05, 3.63) is 28.2 Å². The van der Waals surface area contributed by atoms with Crippen molar-refractivity contribution in [1.82, 2.24) is 0 Å². The summed E-state index contributed by atoms with van der Waals surface area (Å²) >= 11 is 12.8. The van der Waals surface area contributed by atoms with Crippen molar-refractivity contribution in [2.75, 3.05) is 5.32 Å². The first-order chi connectivity index (χ1) is 8.95. The number of carbonyl (C=O) groups is 2. The van der Waals surface area contributed by atoms with Crippen LogP contribution in [0.3, 0.4) is 0 Å². The highest BCUT2D eigenvalue weighted by Gasteiger charge is 2.28. The maximum absolute atomic E-state index is 12.0. The summed E-state index contributed by atoms with van der Waals surface area (Å²) in [6, 6.07) is 4.72. The van der Waals surface area contributed by atoms with Gasteiger partial charge in [0.15, 0.2) is 5.17 Å². The van der Waals surface area contributed by atoms with Gasteiger partial charge < -0.3 is 11.1 Å². The average molecular weight is 318 g/mol. The van der Waals surface area contributed by atoms with Gasteiger partial charge in [0.05, 0.1) is 17.1 Å². The van der Waals surface area contributed by atoms with Crippen LogP contribution in [0.4, 0.5) is 5.69 Å². The zero-order chi connectivity index (χ0) is 14.0. The monoisotopic (exact) mass is 317 g/mol. The molecule has 0 aromatic heterocycles. The zero-order valence-electron chi connectivity index (χ0n) is 9.52. The van der Waals surface area contributed by atoms with Crippen LogP contribution in [0.1, 0.15) is 6.42 Å². The molecule has 0 aliphatic carbocycles. The van der Waals surface area contributed by atoms with Crippen molar-refractivity contribution in [2.24, 2.45) is 10.7 Å². The number of nitrogens with zero attached hydrogens (tertiary/aromatic N) is 1. The maximum Gasteiger partial charge on any atom is 0.249 e. The normalized spacial score (nSPS) is 18.9. The van der Waals surface area contributed by atoms with E-state index in [4.69, 9.17) is 28.9 Å². The van der Waals surface area contributed by atoms with Gasteiger partial charge in [-0.25, -0.2) is 0 Å². The molecule has 1 aromatic rings. The molecule has 0 bridgehead atoms. The van der Waals surface area contributed by atoms with Crippen LogP contribution in [0.2, 0.25) is 10.0 Å². The second-order valence-corrected chi connectivity index (χ2v) is 5.83. The number of benzene rings is 1. The van der Waals surface area contributed by atoms with E-state index < -0.39 is 11.2 Å². The van der Waals surface area contributed by atoms with Crippen LogP contribution in [0.15, 0.2) is 23.2 Å². The number of amides is 2. The quantitative estimate of drug-likeness (QED) is 0.876. The number of aliphatic imine (C=N–C) groups is 1. The molecule has 8 heteroatoms. The van der Waals surface area contributed by atoms with Crippen LogP contribution in [0.25, 0.3) is 0 Å². The van der Waals surface area contributed by atoms with E-state index in [9.17, 15) is 9.59 Å². The van der Waals surface area contributed by atoms with Gasteiger partial charge in [-0.15, -0.1) is 0 Å². The lowest BCUT2D eigenvalue weighted by Gasteiger charge is -2.18. The third kappa shape index (κ3) is 3.62. The van der Waals surface area contributed by atoms with Crippen LogP contribution in [0.5, 0.6) is 0 Å². The van der Waals surface area contributed by atoms with Gasteiger partial charge in [0.1, 0.15) is 5.25 Å². The molecule has 0 saturated heterocycles. The number of anilines is 1. The Morgan fingerprint density at radius 1 is 1.47 bits per heavy atom. The molecule has 0 fully saturated rings. The fourth-order valence-electron chi connectivity index (χ4n) is 1.49. The van der Waals surface area contributed by atoms with Gasteiger partial charge in [-0.2, -0.15) is 4.99 Å². The van der Waals surface area contributed by atoms with Crippen LogP contribution in [-0.2, 0) is 9.59 Å². The predicted molar refractivity (Wildman–Crippen MR) is 77.7 cm³/mol. The molecule has 0 saturated carbocycles. The molecule has 0 spiro atoms. The predicted octanol–water partition coefficient (Wildman–Crippen LogP) is 2.28. The third-order valence-electron chi connectivity index (χ3n) is 2.34. The van der Waals surface area contributed by atoms with Crippen molar-refractivity contribution >= 4 is 57.6 Å². The highest BCUT2D eigenvalue weighted by atomic mass is 35.5. The smallest absolute Gasteiger partial charge is 0.249 e. The Bertz CT molecular complexity index is 577. The van der Waals surface area contributed by atoms with Crippen molar-refractivity contribution in [3.8, 4) is 0 Å². The Morgan fingerprint density at radius 2 is 2.21 bits per heavy atom. The summed E-state index contributed by atoms with van der Waals surface area (Å²) in [5.74, 6) is -0.751. The summed E-state index contributed by atoms with van der Waals surface area (Å²) in [5.41, 5.74) is 5.90. The SMILES string of the molecule is NC1=NC(=O)C[C@@H](C(=O)Nc2ccc(Cl)cc2Cl)S1. The van der Waals surface area contributed by atoms with E-state index >= 15 is 0 Å². The number of nitrogens with one attached hydrogen (secondary N) is 1. The molecular weight excluding hydrogens is 309 g/mol. The van der Waals surface area contributed by atoms with E-state index in [2.05, 4.69) is 10.3 Å². The summed E-state index contributed by atoms with van der Waals surface area (Å²) < 4.78 is 0. The number of thioether (sulfide) groups is 1. The lowest BCUT2D eigenvalue weighted by atomic mass is 10.2. The Labute approximate surface area is 123 Å². The van der Waals surface area contributed by atoms with E-state index in [0.717, 1.165) is 11.8 Å². The van der Waals surface area contributed by atoms with Crippen molar-refractivity contribution < 1.29 is 9.59 Å². The molecule has 1 aromatic carbocycles. The first-order valence-corrected chi connectivity index (χ1v) is 6.89. The second-order valence-electron chi connectivity index (χ2n) is 3.77. The molecule has 1 atom stereocenters. The fourth-order valence-corrected chi connectivity index (χ4v) is 2.78. The molecule has 0 unspecified atom stereocenters. The summed E-state index contributed by atoms with van der Waals surface area (Å²) in [4.78, 5) is 26.8. The largest absolute Gasteiger partial charge is 0.378 e. The van der Waals surface area contributed by atoms with Crippen LogP contribution in [0, 0.1) is 0 Å². The van der Waals surface area contributed by atoms with Gasteiger partial charge in [-0.3, -0.25) is 9.59 Å². The maximum atomic E-state index is 12.0. The molecule has 1 aliphatic rings. The van der Waals surface area contributed by atoms with E-state index in [0.29, 0.717) is 15.7 Å². The van der Waals surface area contributed by atoms with Gasteiger partial charge in [-0.05, 0) is 18.2 Å². The molecule has 100 valence electrons. The zero-order valence-corrected chi connectivity index (χ0v) is 11.9. The molecule has 1 heterocycles. The highest BCUT2D eigenvalue weighted by Crippen LogP contribution is 2.27. The molecule has 19 heavy (non-hydrogen) atoms. The molecule has 1 aliphatic heterocycles. The molecule has 2 rings (SSSR count). The van der Waals surface area contributed by atoms with E-state index in [1.807, 2.05) is 0 Å². The average Bonchev–Trinajstić information content (AvgIpc) is 2.31. The molecule has 2 amide bonds. The minimum Gasteiger partial charge on any atom is -0.378 e. The van der Waals surface area contributed by atoms with E-state index in [1.165, 1.54) is 6.07 Å². The summed E-state index contributed by atoms with van der Waals surface area (Å²) in [7, 11) is 0. The minimum atomic E-state index is -0.600. The van der Waals surface area contributed by atoms with Gasteiger partial charge in [0.25, 0.3) is 0 Å². The number of hydrogen-bond donors (Lipinski definition) is 2. The Balaban J connectivity index is 2.09. The van der Waals surface area contributed by atoms with Crippen LogP contribution in [-0.4, -0.2) is 22.2 Å². The number of halogens is 2. The first kappa shape index (κ1) is 14.2. The molecule has 3 N–H and O–H groups in total. The summed E-state index contributed by atoms with van der Waals surface area (Å²) in [6.07, 6.45) is 0.0163. The van der Waals surface area contributed by atoms with Crippen molar-refractivity contribution in [3.63, 3.8) is 0 Å². The van der Waals surface area contributed by atoms with Crippen molar-refractivity contribution in [2.45, 2.75) is 11.7 Å². The number of rotatable bonds is 2. The topological polar surface area (TPSA) is 84.5 Å². The van der Waals surface area contributed by atoms with Gasteiger partial charge in [0.2, 0.25) is 11.8 Å². The Kier molecular flexibility index (Phi) is 4.34. The molecular formula is C11H9Cl2N3O2S. The van der Waals surface area contributed by atoms with Gasteiger partial charge >= 0.3 is 0 Å². The number of amidine groups is 1. The number of carbonyl (C=O) groups excluding carboxylic acids is 2. The fraction of sp³-hybridized carbons (Fsp3) is 0.182. The lowest BCUT2D eigenvalue weighted by Crippen LogP contribution is -2.33. The van der Waals surface area contributed by atoms with Gasteiger partial charge in [-0.1, -0.05) is 35.0 Å². The Hall–Kier alpha value is -1.24. The van der Waals surface area contributed by atoms with Crippen LogP contribution >= 0.6 is 35.0 Å². The molecule has 0 radical (unpaired) electrons. The summed E-state index contributed by atoms with van der Waals surface area (Å²) in [5, 5.41) is 2.93. The standard InChI is InChI=1S/C11H9Cl2N3O2S/c12-5-1-2-7(6(13)3-5)15-10(18)8-4-9(17)16-11(14)19-8/h1-3,8H,4H2,(H,15,18)(H2,14,16,17)/t8-/m0/s1. The van der Waals surface area contributed by atoms with Crippen molar-refractivity contribution in [1.29, 1.82) is 0 Å². The van der Waals surface area contributed by atoms with Crippen LogP contribution < -0.4 is 11.1 Å². The number of hydrogen-bond acceptors (Lipinski definition) is 4. The minimum absolute atomic E-state index is 0.0163. The van der Waals surface area contributed by atoms with E-state index in [-0.39, 0.29) is 17.5 Å². The second kappa shape index (κ2) is 5.81.